The molecule has 0 radical (unpaired) electrons. The number of methoxy groups -OCH3 is 1. The van der Waals surface area contributed by atoms with Crippen molar-refractivity contribution in [2.45, 2.75) is 32.1 Å². The van der Waals surface area contributed by atoms with Crippen LogP contribution in [0.2, 0.25) is 0 Å². The zero-order chi connectivity index (χ0) is 13.7. The summed E-state index contributed by atoms with van der Waals surface area (Å²) in [6, 6.07) is 5.55. The van der Waals surface area contributed by atoms with Crippen LogP contribution in [0.4, 0.5) is 0 Å². The average molecular weight is 268 g/mol. The van der Waals surface area contributed by atoms with Gasteiger partial charge in [-0.3, -0.25) is 4.79 Å². The summed E-state index contributed by atoms with van der Waals surface area (Å²) in [5.41, 5.74) is 1.67. The average Bonchev–Trinajstić information content (AvgIpc) is 2.34. The summed E-state index contributed by atoms with van der Waals surface area (Å²) in [5, 5.41) is 9.43. The second kappa shape index (κ2) is 6.81. The molecular formula is C14H20O3S. The molecule has 0 amide bonds. The van der Waals surface area contributed by atoms with Gasteiger partial charge in [0.25, 0.3) is 0 Å². The molecule has 2 unspecified atom stereocenters. The summed E-state index contributed by atoms with van der Waals surface area (Å²) in [4.78, 5) is 12.1. The van der Waals surface area contributed by atoms with Crippen molar-refractivity contribution in [1.29, 1.82) is 0 Å². The van der Waals surface area contributed by atoms with Crippen LogP contribution in [0.25, 0.3) is 0 Å². The molecule has 0 aliphatic carbocycles. The van der Waals surface area contributed by atoms with E-state index >= 15 is 0 Å². The van der Waals surface area contributed by atoms with Gasteiger partial charge >= 0.3 is 0 Å². The molecule has 3 nitrogen and oxygen atoms in total. The van der Waals surface area contributed by atoms with E-state index in [2.05, 4.69) is 0 Å². The monoisotopic (exact) mass is 268 g/mol. The smallest absolute Gasteiger partial charge is 0.176 e. The van der Waals surface area contributed by atoms with Crippen LogP contribution in [-0.2, 0) is 0 Å². The zero-order valence-electron chi connectivity index (χ0n) is 11.3. The van der Waals surface area contributed by atoms with Crippen LogP contribution in [0.5, 0.6) is 5.75 Å². The number of Topliss-reactive ketones (excluding diaryl/α,β-unsaturated/α-hetero) is 1. The van der Waals surface area contributed by atoms with E-state index in [4.69, 9.17) is 4.74 Å². The molecule has 0 heterocycles. The number of rotatable bonds is 6. The first kappa shape index (κ1) is 15.1. The van der Waals surface area contributed by atoms with Gasteiger partial charge in [-0.1, -0.05) is 13.0 Å². The van der Waals surface area contributed by atoms with Gasteiger partial charge in [0.15, 0.2) is 5.78 Å². The van der Waals surface area contributed by atoms with E-state index in [1.165, 1.54) is 11.8 Å². The number of hydrogen-bond donors (Lipinski definition) is 1. The van der Waals surface area contributed by atoms with Crippen molar-refractivity contribution in [2.24, 2.45) is 0 Å². The summed E-state index contributed by atoms with van der Waals surface area (Å²) in [7, 11) is 1.57. The molecule has 0 fully saturated rings. The lowest BCUT2D eigenvalue weighted by atomic mass is 10.1. The maximum Gasteiger partial charge on any atom is 0.176 e. The Bertz CT molecular complexity index is 416. The molecule has 4 heteroatoms. The van der Waals surface area contributed by atoms with Crippen LogP contribution in [0, 0.1) is 6.92 Å². The largest absolute Gasteiger partial charge is 0.496 e. The molecule has 0 aliphatic rings. The van der Waals surface area contributed by atoms with E-state index < -0.39 is 6.10 Å². The molecule has 2 atom stereocenters. The van der Waals surface area contributed by atoms with Crippen molar-refractivity contribution in [3.05, 3.63) is 29.3 Å². The van der Waals surface area contributed by atoms with Crippen molar-refractivity contribution in [3.63, 3.8) is 0 Å². The number of benzene rings is 1. The predicted octanol–water partition coefficient (Wildman–Crippen LogP) is 2.69. The minimum atomic E-state index is -0.414. The molecule has 0 aromatic heterocycles. The number of hydrogen-bond acceptors (Lipinski definition) is 4. The highest BCUT2D eigenvalue weighted by Gasteiger charge is 2.16. The molecule has 1 rings (SSSR count). The third kappa shape index (κ3) is 4.03. The lowest BCUT2D eigenvalue weighted by molar-refractivity contribution is 0.101. The first-order valence-electron chi connectivity index (χ1n) is 5.93. The summed E-state index contributed by atoms with van der Waals surface area (Å²) in [5.74, 6) is 1.00. The van der Waals surface area contributed by atoms with Crippen molar-refractivity contribution < 1.29 is 14.6 Å². The molecule has 0 spiro atoms. The van der Waals surface area contributed by atoms with E-state index in [0.717, 1.165) is 5.56 Å². The lowest BCUT2D eigenvalue weighted by Gasteiger charge is -2.14. The standard InChI is InChI=1S/C14H20O3S/c1-9-5-6-12(14(7-9)17-4)13(16)8-18-11(3)10(2)15/h5-7,10-11,15H,8H2,1-4H3. The summed E-state index contributed by atoms with van der Waals surface area (Å²) in [6.07, 6.45) is -0.414. The van der Waals surface area contributed by atoms with E-state index in [9.17, 15) is 9.90 Å². The molecule has 100 valence electrons. The molecule has 1 aromatic carbocycles. The fourth-order valence-corrected chi connectivity index (χ4v) is 2.30. The van der Waals surface area contributed by atoms with E-state index in [1.807, 2.05) is 26.0 Å². The van der Waals surface area contributed by atoms with Gasteiger partial charge in [-0.2, -0.15) is 0 Å². The number of aryl methyl sites for hydroxylation is 1. The second-order valence-electron chi connectivity index (χ2n) is 4.38. The fourth-order valence-electron chi connectivity index (χ4n) is 1.45. The summed E-state index contributed by atoms with van der Waals surface area (Å²) >= 11 is 1.46. The number of ether oxygens (including phenoxy) is 1. The quantitative estimate of drug-likeness (QED) is 0.806. The highest BCUT2D eigenvalue weighted by atomic mass is 32.2. The third-order valence-electron chi connectivity index (χ3n) is 2.81. The molecule has 1 aromatic rings. The second-order valence-corrected chi connectivity index (χ2v) is 5.75. The number of aliphatic hydroxyl groups excluding tert-OH is 1. The van der Waals surface area contributed by atoms with Crippen LogP contribution >= 0.6 is 11.8 Å². The van der Waals surface area contributed by atoms with Gasteiger partial charge in [-0.15, -0.1) is 11.8 Å². The van der Waals surface area contributed by atoms with Crippen LogP contribution in [0.15, 0.2) is 18.2 Å². The fraction of sp³-hybridized carbons (Fsp3) is 0.500. The van der Waals surface area contributed by atoms with Crippen molar-refractivity contribution >= 4 is 17.5 Å². The Morgan fingerprint density at radius 3 is 2.67 bits per heavy atom. The Morgan fingerprint density at radius 2 is 2.11 bits per heavy atom. The normalized spacial score (nSPS) is 14.1. The summed E-state index contributed by atoms with van der Waals surface area (Å²) < 4.78 is 5.22. The van der Waals surface area contributed by atoms with Gasteiger partial charge in [-0.25, -0.2) is 0 Å². The predicted molar refractivity (Wildman–Crippen MR) is 75.7 cm³/mol. The van der Waals surface area contributed by atoms with E-state index in [0.29, 0.717) is 17.1 Å². The molecule has 0 saturated heterocycles. The SMILES string of the molecule is COc1cc(C)ccc1C(=O)CSC(C)C(C)O. The minimum absolute atomic E-state index is 0.0318. The minimum Gasteiger partial charge on any atom is -0.496 e. The topological polar surface area (TPSA) is 46.5 Å². The zero-order valence-corrected chi connectivity index (χ0v) is 12.1. The van der Waals surface area contributed by atoms with Crippen molar-refractivity contribution in [1.82, 2.24) is 0 Å². The Hall–Kier alpha value is -1.00. The number of carbonyl (C=O) groups is 1. The maximum absolute atomic E-state index is 12.1. The van der Waals surface area contributed by atoms with Gasteiger partial charge in [0, 0.05) is 5.25 Å². The number of thioether (sulfide) groups is 1. The Balaban J connectivity index is 2.72. The van der Waals surface area contributed by atoms with Crippen LogP contribution in [-0.4, -0.2) is 35.1 Å². The Labute approximate surface area is 113 Å². The van der Waals surface area contributed by atoms with Crippen LogP contribution in [0.3, 0.4) is 0 Å². The number of ketones is 1. The van der Waals surface area contributed by atoms with Gasteiger partial charge < -0.3 is 9.84 Å². The first-order chi connectivity index (χ1) is 8.45. The number of carbonyl (C=O) groups excluding carboxylic acids is 1. The van der Waals surface area contributed by atoms with Gasteiger partial charge in [0.1, 0.15) is 5.75 Å². The van der Waals surface area contributed by atoms with Gasteiger partial charge in [0.2, 0.25) is 0 Å². The molecule has 0 saturated carbocycles. The number of aliphatic hydroxyl groups is 1. The van der Waals surface area contributed by atoms with E-state index in [1.54, 1.807) is 20.1 Å². The molecule has 0 bridgehead atoms. The van der Waals surface area contributed by atoms with Crippen molar-refractivity contribution in [3.8, 4) is 5.75 Å². The summed E-state index contributed by atoms with van der Waals surface area (Å²) in [6.45, 7) is 5.60. The van der Waals surface area contributed by atoms with Gasteiger partial charge in [0.05, 0.1) is 24.5 Å². The lowest BCUT2D eigenvalue weighted by Crippen LogP contribution is -2.17. The highest BCUT2D eigenvalue weighted by Crippen LogP contribution is 2.23. The van der Waals surface area contributed by atoms with Crippen LogP contribution < -0.4 is 4.74 Å². The molecule has 18 heavy (non-hydrogen) atoms. The molecular weight excluding hydrogens is 248 g/mol. The van der Waals surface area contributed by atoms with Crippen LogP contribution in [0.1, 0.15) is 29.8 Å². The van der Waals surface area contributed by atoms with E-state index in [-0.39, 0.29) is 11.0 Å². The van der Waals surface area contributed by atoms with Crippen molar-refractivity contribution in [2.75, 3.05) is 12.9 Å². The Kier molecular flexibility index (Phi) is 5.69. The first-order valence-corrected chi connectivity index (χ1v) is 6.98. The highest BCUT2D eigenvalue weighted by molar-refractivity contribution is 8.00. The molecule has 1 N–H and O–H groups in total. The van der Waals surface area contributed by atoms with Gasteiger partial charge in [-0.05, 0) is 31.5 Å². The third-order valence-corrected chi connectivity index (χ3v) is 4.16. The Morgan fingerprint density at radius 1 is 1.44 bits per heavy atom. The maximum atomic E-state index is 12.1. The molecule has 0 aliphatic heterocycles.